The van der Waals surface area contributed by atoms with Crippen molar-refractivity contribution in [1.82, 2.24) is 5.73 Å². The minimum Gasteiger partial charge on any atom is -0.493 e. The fraction of sp³-hybridized carbons (Fsp3) is 0.167. The van der Waals surface area contributed by atoms with Crippen LogP contribution in [0.15, 0.2) is 17.0 Å². The van der Waals surface area contributed by atoms with Crippen LogP contribution in [0, 0.1) is 0 Å². The van der Waals surface area contributed by atoms with Crippen LogP contribution in [-0.2, 0) is 9.59 Å². The highest BCUT2D eigenvalue weighted by atomic mass is 16.3. The topological polar surface area (TPSA) is 90.5 Å². The third-order valence-corrected chi connectivity index (χ3v) is 1.14. The van der Waals surface area contributed by atoms with Gasteiger partial charge in [-0.1, -0.05) is 0 Å². The third kappa shape index (κ3) is 1.64. The summed E-state index contributed by atoms with van der Waals surface area (Å²) in [6.07, 6.45) is 0.735. The van der Waals surface area contributed by atoms with Gasteiger partial charge in [-0.3, -0.25) is 15.3 Å². The second-order valence-electron chi connectivity index (χ2n) is 2.03. The average molecular weight is 153 g/mol. The maximum Gasteiger partial charge on any atom is 0.284 e. The van der Waals surface area contributed by atoms with Gasteiger partial charge >= 0.3 is 0 Å². The quantitative estimate of drug-likeness (QED) is 0.556. The molecule has 0 bridgehead atoms. The number of aliphatic imine (C=N–C) groups is 1. The highest BCUT2D eigenvalue weighted by Crippen LogP contribution is 2.04. The van der Waals surface area contributed by atoms with Gasteiger partial charge in [0.1, 0.15) is 5.71 Å². The molecule has 1 radical (unpaired) electrons. The van der Waals surface area contributed by atoms with E-state index in [-0.39, 0.29) is 12.1 Å². The lowest BCUT2D eigenvalue weighted by atomic mass is 10.1. The van der Waals surface area contributed by atoms with Crippen LogP contribution in [-0.4, -0.2) is 22.5 Å². The Labute approximate surface area is 62.2 Å². The minimum atomic E-state index is -1.03. The lowest BCUT2D eigenvalue weighted by Crippen LogP contribution is -2.21. The molecule has 0 aliphatic carbocycles. The van der Waals surface area contributed by atoms with Crippen LogP contribution in [0.1, 0.15) is 6.42 Å². The summed E-state index contributed by atoms with van der Waals surface area (Å²) in [6, 6.07) is 0. The van der Waals surface area contributed by atoms with Gasteiger partial charge in [0.25, 0.3) is 5.91 Å². The van der Waals surface area contributed by atoms with E-state index < -0.39 is 17.6 Å². The average Bonchev–Trinajstić information content (AvgIpc) is 1.85. The van der Waals surface area contributed by atoms with Gasteiger partial charge in [-0.25, -0.2) is 4.99 Å². The lowest BCUT2D eigenvalue weighted by Gasteiger charge is -2.03. The highest BCUT2D eigenvalue weighted by molar-refractivity contribution is 6.42. The zero-order valence-corrected chi connectivity index (χ0v) is 5.50. The van der Waals surface area contributed by atoms with Gasteiger partial charge in [-0.05, 0) is 0 Å². The first-order chi connectivity index (χ1) is 5.09. The Bertz CT molecular complexity index is 278. The first-order valence-corrected chi connectivity index (χ1v) is 2.86. The SMILES string of the molecule is [NH]C(=O)C1=NC(O)=CC(=O)C1. The summed E-state index contributed by atoms with van der Waals surface area (Å²) in [4.78, 5) is 24.3. The van der Waals surface area contributed by atoms with E-state index in [2.05, 4.69) is 4.99 Å². The number of carbonyl (C=O) groups excluding carboxylic acids is 2. The molecule has 0 saturated heterocycles. The van der Waals surface area contributed by atoms with E-state index in [0.29, 0.717) is 0 Å². The molecule has 1 aliphatic rings. The Hall–Kier alpha value is -1.65. The molecule has 5 heteroatoms. The molecular formula is C6H5N2O3. The van der Waals surface area contributed by atoms with Crippen molar-refractivity contribution in [3.63, 3.8) is 0 Å². The number of hydrogen-bond donors (Lipinski definition) is 1. The normalized spacial score (nSPS) is 17.3. The summed E-state index contributed by atoms with van der Waals surface area (Å²) in [6.45, 7) is 0. The molecule has 1 rings (SSSR count). The smallest absolute Gasteiger partial charge is 0.284 e. The fourth-order valence-corrected chi connectivity index (χ4v) is 0.701. The van der Waals surface area contributed by atoms with Crippen molar-refractivity contribution in [2.24, 2.45) is 4.99 Å². The molecule has 0 aromatic rings. The van der Waals surface area contributed by atoms with E-state index in [4.69, 9.17) is 10.8 Å². The molecule has 57 valence electrons. The second kappa shape index (κ2) is 2.53. The molecule has 1 amide bonds. The van der Waals surface area contributed by atoms with Crippen molar-refractivity contribution in [2.75, 3.05) is 0 Å². The highest BCUT2D eigenvalue weighted by Gasteiger charge is 2.17. The van der Waals surface area contributed by atoms with Crippen LogP contribution in [0.25, 0.3) is 0 Å². The van der Waals surface area contributed by atoms with Gasteiger partial charge < -0.3 is 5.11 Å². The van der Waals surface area contributed by atoms with Crippen molar-refractivity contribution in [2.45, 2.75) is 6.42 Å². The molecule has 0 spiro atoms. The van der Waals surface area contributed by atoms with Crippen LogP contribution in [0.4, 0.5) is 0 Å². The fourth-order valence-electron chi connectivity index (χ4n) is 0.701. The number of rotatable bonds is 1. The van der Waals surface area contributed by atoms with Crippen molar-refractivity contribution >= 4 is 17.4 Å². The summed E-state index contributed by atoms with van der Waals surface area (Å²) in [7, 11) is 0. The predicted molar refractivity (Wildman–Crippen MR) is 35.9 cm³/mol. The summed E-state index contributed by atoms with van der Waals surface area (Å²) in [5.74, 6) is -1.94. The number of aliphatic hydroxyl groups is 1. The number of amides is 1. The van der Waals surface area contributed by atoms with Crippen molar-refractivity contribution in [3.8, 4) is 0 Å². The first-order valence-electron chi connectivity index (χ1n) is 2.86. The zero-order chi connectivity index (χ0) is 8.43. The number of hydrogen-bond acceptors (Lipinski definition) is 4. The maximum atomic E-state index is 10.6. The monoisotopic (exact) mass is 153 g/mol. The van der Waals surface area contributed by atoms with Crippen LogP contribution >= 0.6 is 0 Å². The molecule has 0 atom stereocenters. The Kier molecular flexibility index (Phi) is 1.72. The molecule has 0 fully saturated rings. The number of ketones is 1. The Morgan fingerprint density at radius 1 is 1.73 bits per heavy atom. The summed E-state index contributed by atoms with van der Waals surface area (Å²) in [5.41, 5.74) is 6.38. The first kappa shape index (κ1) is 7.46. The van der Waals surface area contributed by atoms with E-state index in [1.54, 1.807) is 0 Å². The van der Waals surface area contributed by atoms with Crippen molar-refractivity contribution in [3.05, 3.63) is 12.0 Å². The van der Waals surface area contributed by atoms with Crippen molar-refractivity contribution in [1.29, 1.82) is 0 Å². The number of allylic oxidation sites excluding steroid dienone is 1. The number of nitrogens with one attached hydrogen (secondary N) is 1. The Morgan fingerprint density at radius 3 is 2.82 bits per heavy atom. The molecule has 5 nitrogen and oxygen atoms in total. The number of carbonyl (C=O) groups is 2. The zero-order valence-electron chi connectivity index (χ0n) is 5.50. The standard InChI is InChI=1S/C6H5N2O3/c7-6(11)4-1-3(9)2-5(10)8-4/h2,7,10H,1H2. The summed E-state index contributed by atoms with van der Waals surface area (Å²) < 4.78 is 0. The van der Waals surface area contributed by atoms with E-state index in [9.17, 15) is 9.59 Å². The maximum absolute atomic E-state index is 10.6. The van der Waals surface area contributed by atoms with Crippen LogP contribution in [0.5, 0.6) is 0 Å². The van der Waals surface area contributed by atoms with Gasteiger partial charge in [-0.2, -0.15) is 0 Å². The van der Waals surface area contributed by atoms with Gasteiger partial charge in [-0.15, -0.1) is 0 Å². The molecule has 11 heavy (non-hydrogen) atoms. The van der Waals surface area contributed by atoms with E-state index >= 15 is 0 Å². The van der Waals surface area contributed by atoms with Gasteiger partial charge in [0.05, 0.1) is 6.42 Å². The number of nitrogens with zero attached hydrogens (tertiary/aromatic N) is 1. The summed E-state index contributed by atoms with van der Waals surface area (Å²) in [5, 5.41) is 8.72. The third-order valence-electron chi connectivity index (χ3n) is 1.14. The molecule has 0 aromatic heterocycles. The van der Waals surface area contributed by atoms with Gasteiger partial charge in [0.2, 0.25) is 5.88 Å². The van der Waals surface area contributed by atoms with Gasteiger partial charge in [0, 0.05) is 6.08 Å². The molecular weight excluding hydrogens is 148 g/mol. The molecule has 1 aliphatic heterocycles. The van der Waals surface area contributed by atoms with Crippen LogP contribution < -0.4 is 5.73 Å². The molecule has 0 aromatic carbocycles. The predicted octanol–water partition coefficient (Wildman–Crippen LogP) is -0.391. The largest absolute Gasteiger partial charge is 0.493 e. The van der Waals surface area contributed by atoms with Crippen molar-refractivity contribution < 1.29 is 14.7 Å². The second-order valence-corrected chi connectivity index (χ2v) is 2.03. The molecule has 1 heterocycles. The van der Waals surface area contributed by atoms with Gasteiger partial charge in [0.15, 0.2) is 5.78 Å². The molecule has 2 N–H and O–H groups in total. The minimum absolute atomic E-state index is 0.188. The summed E-state index contributed by atoms with van der Waals surface area (Å²) >= 11 is 0. The Balaban J connectivity index is 2.93. The molecule has 0 unspecified atom stereocenters. The Morgan fingerprint density at radius 2 is 2.36 bits per heavy atom. The number of aliphatic hydroxyl groups excluding tert-OH is 1. The molecule has 0 saturated carbocycles. The van der Waals surface area contributed by atoms with E-state index in [1.807, 2.05) is 0 Å². The van der Waals surface area contributed by atoms with Crippen LogP contribution in [0.3, 0.4) is 0 Å². The van der Waals surface area contributed by atoms with E-state index in [1.165, 1.54) is 0 Å². The van der Waals surface area contributed by atoms with E-state index in [0.717, 1.165) is 6.08 Å². The van der Waals surface area contributed by atoms with Crippen LogP contribution in [0.2, 0.25) is 0 Å². The lowest BCUT2D eigenvalue weighted by molar-refractivity contribution is -0.116.